The molecule has 23 heavy (non-hydrogen) atoms. The lowest BCUT2D eigenvalue weighted by atomic mass is 10.1. The highest BCUT2D eigenvalue weighted by atomic mass is 35.5. The lowest BCUT2D eigenvalue weighted by molar-refractivity contribution is 0.102. The molecule has 0 bridgehead atoms. The number of nitrogens with one attached hydrogen (secondary N) is 2. The number of hydrogen-bond acceptors (Lipinski definition) is 4. The van der Waals surface area contributed by atoms with E-state index in [2.05, 4.69) is 25.5 Å². The lowest BCUT2D eigenvalue weighted by Gasteiger charge is -2.01. The van der Waals surface area contributed by atoms with Crippen LogP contribution in [-0.4, -0.2) is 26.1 Å². The van der Waals surface area contributed by atoms with Crippen LogP contribution in [0.15, 0.2) is 36.5 Å². The number of halogens is 2. The van der Waals surface area contributed by atoms with E-state index in [4.69, 9.17) is 23.2 Å². The van der Waals surface area contributed by atoms with E-state index in [-0.39, 0.29) is 21.7 Å². The Morgan fingerprint density at radius 3 is 2.65 bits per heavy atom. The van der Waals surface area contributed by atoms with Crippen molar-refractivity contribution in [3.05, 3.63) is 57.8 Å². The number of pyridine rings is 1. The molecular formula is C15H11Cl2N5O. The van der Waals surface area contributed by atoms with Crippen LogP contribution in [0, 0.1) is 6.92 Å². The summed E-state index contributed by atoms with van der Waals surface area (Å²) in [5.41, 5.74) is 2.29. The molecule has 0 aliphatic heterocycles. The zero-order chi connectivity index (χ0) is 16.4. The molecule has 0 aliphatic carbocycles. The number of H-pyrrole nitrogens is 1. The largest absolute Gasteiger partial charge is 0.289 e. The topological polar surface area (TPSA) is 83.6 Å². The molecule has 3 rings (SSSR count). The number of carbonyl (C=O) groups is 1. The molecule has 0 radical (unpaired) electrons. The molecule has 0 unspecified atom stereocenters. The van der Waals surface area contributed by atoms with Crippen molar-refractivity contribution in [2.75, 3.05) is 5.32 Å². The highest BCUT2D eigenvalue weighted by Gasteiger charge is 2.12. The molecule has 2 N–H and O–H groups in total. The predicted octanol–water partition coefficient (Wildman–Crippen LogP) is 3.73. The van der Waals surface area contributed by atoms with Crippen LogP contribution in [0.3, 0.4) is 0 Å². The Bertz CT molecular complexity index is 861. The Morgan fingerprint density at radius 1 is 1.22 bits per heavy atom. The van der Waals surface area contributed by atoms with E-state index in [1.54, 1.807) is 0 Å². The number of amides is 1. The summed E-state index contributed by atoms with van der Waals surface area (Å²) in [6.07, 6.45) is 1.33. The second kappa shape index (κ2) is 6.36. The van der Waals surface area contributed by atoms with E-state index in [9.17, 15) is 4.79 Å². The average Bonchev–Trinajstić information content (AvgIpc) is 2.99. The molecule has 1 aromatic carbocycles. The Morgan fingerprint density at radius 2 is 1.96 bits per heavy atom. The van der Waals surface area contributed by atoms with Crippen LogP contribution in [0.4, 0.5) is 5.95 Å². The summed E-state index contributed by atoms with van der Waals surface area (Å²) in [6, 6.07) is 9.21. The van der Waals surface area contributed by atoms with Gasteiger partial charge in [-0.25, -0.2) is 4.98 Å². The van der Waals surface area contributed by atoms with Gasteiger partial charge in [0.2, 0.25) is 5.95 Å². The Hall–Kier alpha value is -2.44. The van der Waals surface area contributed by atoms with Crippen LogP contribution in [0.25, 0.3) is 11.4 Å². The van der Waals surface area contributed by atoms with Crippen molar-refractivity contribution < 1.29 is 4.79 Å². The SMILES string of the molecule is Cc1ccc(-c2nc(NC(=O)c3cnc(Cl)c(Cl)c3)n[nH]2)cc1. The average molecular weight is 348 g/mol. The number of rotatable bonds is 3. The summed E-state index contributed by atoms with van der Waals surface area (Å²) in [5.74, 6) is 0.301. The molecule has 1 amide bonds. The number of hydrogen-bond donors (Lipinski definition) is 2. The van der Waals surface area contributed by atoms with Crippen molar-refractivity contribution in [2.45, 2.75) is 6.92 Å². The highest BCUT2D eigenvalue weighted by molar-refractivity contribution is 6.41. The molecule has 0 fully saturated rings. The first-order valence-corrected chi connectivity index (χ1v) is 7.40. The van der Waals surface area contributed by atoms with Gasteiger partial charge in [0, 0.05) is 11.8 Å². The van der Waals surface area contributed by atoms with Gasteiger partial charge in [-0.05, 0) is 13.0 Å². The lowest BCUT2D eigenvalue weighted by Crippen LogP contribution is -2.13. The fourth-order valence-electron chi connectivity index (χ4n) is 1.88. The summed E-state index contributed by atoms with van der Waals surface area (Å²) in [5, 5.41) is 9.67. The van der Waals surface area contributed by atoms with E-state index in [0.717, 1.165) is 11.1 Å². The molecule has 0 saturated carbocycles. The normalized spacial score (nSPS) is 10.6. The number of benzene rings is 1. The molecule has 0 spiro atoms. The minimum atomic E-state index is -0.425. The van der Waals surface area contributed by atoms with Gasteiger partial charge in [-0.1, -0.05) is 53.0 Å². The molecule has 2 aromatic heterocycles. The smallest absolute Gasteiger partial charge is 0.259 e. The summed E-state index contributed by atoms with van der Waals surface area (Å²) >= 11 is 11.6. The van der Waals surface area contributed by atoms with Crippen LogP contribution in [0.1, 0.15) is 15.9 Å². The van der Waals surface area contributed by atoms with Crippen LogP contribution < -0.4 is 5.32 Å². The van der Waals surface area contributed by atoms with E-state index >= 15 is 0 Å². The van der Waals surface area contributed by atoms with E-state index in [1.165, 1.54) is 12.3 Å². The number of aromatic amines is 1. The van der Waals surface area contributed by atoms with Crippen LogP contribution >= 0.6 is 23.2 Å². The first-order valence-electron chi connectivity index (χ1n) is 6.65. The van der Waals surface area contributed by atoms with Gasteiger partial charge >= 0.3 is 0 Å². The van der Waals surface area contributed by atoms with Gasteiger partial charge in [0.05, 0.1) is 10.6 Å². The minimum Gasteiger partial charge on any atom is -0.289 e. The summed E-state index contributed by atoms with van der Waals surface area (Å²) < 4.78 is 0. The molecule has 116 valence electrons. The van der Waals surface area contributed by atoms with Crippen molar-refractivity contribution in [3.8, 4) is 11.4 Å². The van der Waals surface area contributed by atoms with Gasteiger partial charge in [-0.2, -0.15) is 4.98 Å². The second-order valence-electron chi connectivity index (χ2n) is 4.82. The summed E-state index contributed by atoms with van der Waals surface area (Å²) in [7, 11) is 0. The minimum absolute atomic E-state index is 0.141. The third-order valence-electron chi connectivity index (χ3n) is 3.09. The Balaban J connectivity index is 1.77. The fraction of sp³-hybridized carbons (Fsp3) is 0.0667. The Labute approximate surface area is 141 Å². The first-order chi connectivity index (χ1) is 11.0. The van der Waals surface area contributed by atoms with Crippen LogP contribution in [-0.2, 0) is 0 Å². The van der Waals surface area contributed by atoms with Crippen molar-refractivity contribution in [2.24, 2.45) is 0 Å². The van der Waals surface area contributed by atoms with Crippen molar-refractivity contribution in [1.29, 1.82) is 0 Å². The molecule has 0 aliphatic rings. The van der Waals surface area contributed by atoms with Gasteiger partial charge in [0.25, 0.3) is 5.91 Å². The number of carbonyl (C=O) groups excluding carboxylic acids is 1. The molecule has 0 saturated heterocycles. The number of nitrogens with zero attached hydrogens (tertiary/aromatic N) is 3. The van der Waals surface area contributed by atoms with Crippen molar-refractivity contribution in [3.63, 3.8) is 0 Å². The van der Waals surface area contributed by atoms with Crippen LogP contribution in [0.5, 0.6) is 0 Å². The van der Waals surface area contributed by atoms with E-state index in [1.807, 2.05) is 31.2 Å². The molecular weight excluding hydrogens is 337 g/mol. The molecule has 6 nitrogen and oxygen atoms in total. The molecule has 2 heterocycles. The first kappa shape index (κ1) is 15.5. The van der Waals surface area contributed by atoms with Gasteiger partial charge in [0.15, 0.2) is 5.82 Å². The van der Waals surface area contributed by atoms with Gasteiger partial charge in [0.1, 0.15) is 5.15 Å². The fourth-order valence-corrected chi connectivity index (χ4v) is 2.15. The zero-order valence-electron chi connectivity index (χ0n) is 12.0. The number of anilines is 1. The van der Waals surface area contributed by atoms with E-state index < -0.39 is 5.91 Å². The summed E-state index contributed by atoms with van der Waals surface area (Å²) in [4.78, 5) is 20.2. The van der Waals surface area contributed by atoms with Crippen LogP contribution in [0.2, 0.25) is 10.2 Å². The van der Waals surface area contributed by atoms with Crippen molar-refractivity contribution in [1.82, 2.24) is 20.2 Å². The highest BCUT2D eigenvalue weighted by Crippen LogP contribution is 2.20. The molecule has 0 atom stereocenters. The number of aromatic nitrogens is 4. The quantitative estimate of drug-likeness (QED) is 0.707. The zero-order valence-corrected chi connectivity index (χ0v) is 13.5. The summed E-state index contributed by atoms with van der Waals surface area (Å²) in [6.45, 7) is 2.00. The third kappa shape index (κ3) is 3.49. The molecule has 8 heteroatoms. The number of aryl methyl sites for hydroxylation is 1. The maximum absolute atomic E-state index is 12.1. The maximum Gasteiger partial charge on any atom is 0.259 e. The van der Waals surface area contributed by atoms with Gasteiger partial charge < -0.3 is 0 Å². The Kier molecular flexibility index (Phi) is 4.27. The predicted molar refractivity (Wildman–Crippen MR) is 88.8 cm³/mol. The maximum atomic E-state index is 12.1. The second-order valence-corrected chi connectivity index (χ2v) is 5.59. The van der Waals surface area contributed by atoms with E-state index in [0.29, 0.717) is 5.82 Å². The van der Waals surface area contributed by atoms with Gasteiger partial charge in [-0.3, -0.25) is 15.2 Å². The monoisotopic (exact) mass is 347 g/mol. The van der Waals surface area contributed by atoms with Gasteiger partial charge in [-0.15, -0.1) is 5.10 Å². The standard InChI is InChI=1S/C15H11Cl2N5O/c1-8-2-4-9(5-3-8)13-19-15(22-21-13)20-14(23)10-6-11(16)12(17)18-7-10/h2-7H,1H3,(H2,19,20,21,22,23). The molecule has 3 aromatic rings. The van der Waals surface area contributed by atoms with Crippen molar-refractivity contribution >= 4 is 35.1 Å². The third-order valence-corrected chi connectivity index (χ3v) is 3.78.